The second-order valence-electron chi connectivity index (χ2n) is 4.27. The van der Waals surface area contributed by atoms with Crippen LogP contribution in [0, 0.1) is 6.92 Å². The predicted octanol–water partition coefficient (Wildman–Crippen LogP) is 1.77. The fourth-order valence-electron chi connectivity index (χ4n) is 1.86. The summed E-state index contributed by atoms with van der Waals surface area (Å²) in [5.41, 5.74) is 7.72. The number of aryl methyl sites for hydroxylation is 1. The van der Waals surface area contributed by atoms with Gasteiger partial charge in [-0.05, 0) is 44.3 Å². The lowest BCUT2D eigenvalue weighted by Crippen LogP contribution is -2.43. The molecule has 0 amide bonds. The summed E-state index contributed by atoms with van der Waals surface area (Å²) in [6.07, 6.45) is 0. The first-order chi connectivity index (χ1) is 7.84. The molecule has 0 bridgehead atoms. The van der Waals surface area contributed by atoms with Gasteiger partial charge in [0, 0.05) is 4.47 Å². The zero-order valence-electron chi connectivity index (χ0n) is 10.1. The Morgan fingerprint density at radius 1 is 1.47 bits per heavy atom. The molecule has 1 aromatic rings. The van der Waals surface area contributed by atoms with Gasteiger partial charge in [-0.15, -0.1) is 0 Å². The number of benzene rings is 1. The van der Waals surface area contributed by atoms with E-state index in [4.69, 9.17) is 10.8 Å². The second-order valence-corrected chi connectivity index (χ2v) is 5.19. The van der Waals surface area contributed by atoms with Gasteiger partial charge in [0.25, 0.3) is 0 Å². The number of hydrogen-bond donors (Lipinski definition) is 2. The van der Waals surface area contributed by atoms with Gasteiger partial charge in [-0.25, -0.2) is 0 Å². The number of carbonyl (C=O) groups is 1. The van der Waals surface area contributed by atoms with Crippen molar-refractivity contribution in [1.82, 2.24) is 4.90 Å². The van der Waals surface area contributed by atoms with Crippen molar-refractivity contribution in [2.24, 2.45) is 5.73 Å². The highest BCUT2D eigenvalue weighted by Gasteiger charge is 2.28. The molecule has 0 saturated carbocycles. The van der Waals surface area contributed by atoms with E-state index in [-0.39, 0.29) is 6.04 Å². The highest BCUT2D eigenvalue weighted by molar-refractivity contribution is 9.10. The van der Waals surface area contributed by atoms with Crippen LogP contribution >= 0.6 is 15.9 Å². The third kappa shape index (κ3) is 3.28. The maximum Gasteiger partial charge on any atom is 0.322 e. The molecule has 3 N–H and O–H groups in total. The van der Waals surface area contributed by atoms with E-state index in [0.29, 0.717) is 0 Å². The van der Waals surface area contributed by atoms with Crippen LogP contribution in [0.1, 0.15) is 17.2 Å². The molecule has 0 spiro atoms. The zero-order valence-corrected chi connectivity index (χ0v) is 11.7. The van der Waals surface area contributed by atoms with E-state index < -0.39 is 12.0 Å². The minimum atomic E-state index is -0.997. The van der Waals surface area contributed by atoms with Crippen LogP contribution in [0.25, 0.3) is 0 Å². The molecule has 0 heterocycles. The highest BCUT2D eigenvalue weighted by atomic mass is 79.9. The third-order valence-electron chi connectivity index (χ3n) is 2.74. The van der Waals surface area contributed by atoms with Crippen LogP contribution in [0.2, 0.25) is 0 Å². The molecule has 2 unspecified atom stereocenters. The summed E-state index contributed by atoms with van der Waals surface area (Å²) in [5.74, 6) is -0.997. The Bertz CT molecular complexity index is 421. The number of rotatable bonds is 4. The van der Waals surface area contributed by atoms with Crippen LogP contribution in [-0.4, -0.2) is 36.1 Å². The van der Waals surface area contributed by atoms with Crippen molar-refractivity contribution in [3.63, 3.8) is 0 Å². The quantitative estimate of drug-likeness (QED) is 0.889. The Balaban J connectivity index is 3.22. The summed E-state index contributed by atoms with van der Waals surface area (Å²) in [5, 5.41) is 9.06. The molecule has 17 heavy (non-hydrogen) atoms. The van der Waals surface area contributed by atoms with E-state index >= 15 is 0 Å². The molecular weight excluding hydrogens is 284 g/mol. The minimum absolute atomic E-state index is 0.343. The largest absolute Gasteiger partial charge is 0.480 e. The monoisotopic (exact) mass is 300 g/mol. The average Bonchev–Trinajstić information content (AvgIpc) is 2.22. The van der Waals surface area contributed by atoms with E-state index in [1.165, 1.54) is 0 Å². The van der Waals surface area contributed by atoms with Crippen molar-refractivity contribution in [2.45, 2.75) is 19.0 Å². The first-order valence-electron chi connectivity index (χ1n) is 5.25. The van der Waals surface area contributed by atoms with Gasteiger partial charge in [0.2, 0.25) is 0 Å². The molecule has 0 aromatic heterocycles. The van der Waals surface area contributed by atoms with Crippen molar-refractivity contribution in [3.05, 3.63) is 33.8 Å². The van der Waals surface area contributed by atoms with E-state index in [0.717, 1.165) is 15.6 Å². The molecule has 5 heteroatoms. The van der Waals surface area contributed by atoms with E-state index in [1.54, 1.807) is 0 Å². The van der Waals surface area contributed by atoms with Crippen LogP contribution in [-0.2, 0) is 4.79 Å². The van der Waals surface area contributed by atoms with Crippen LogP contribution in [0.4, 0.5) is 0 Å². The maximum atomic E-state index is 11.1. The number of likely N-dealkylation sites (N-methyl/N-ethyl adjacent to an activating group) is 1. The third-order valence-corrected chi connectivity index (χ3v) is 3.23. The van der Waals surface area contributed by atoms with Gasteiger partial charge in [-0.1, -0.05) is 22.0 Å². The van der Waals surface area contributed by atoms with Gasteiger partial charge in [0.15, 0.2) is 0 Å². The summed E-state index contributed by atoms with van der Waals surface area (Å²) < 4.78 is 0.919. The van der Waals surface area contributed by atoms with Gasteiger partial charge in [-0.2, -0.15) is 0 Å². The van der Waals surface area contributed by atoms with Crippen LogP contribution in [0.3, 0.4) is 0 Å². The van der Waals surface area contributed by atoms with Crippen molar-refractivity contribution in [3.8, 4) is 0 Å². The molecule has 1 aromatic carbocycles. The molecule has 0 aliphatic carbocycles. The zero-order chi connectivity index (χ0) is 13.2. The Morgan fingerprint density at radius 3 is 2.53 bits per heavy atom. The first kappa shape index (κ1) is 14.2. The van der Waals surface area contributed by atoms with Crippen molar-refractivity contribution in [1.29, 1.82) is 0 Å². The molecule has 0 fully saturated rings. The Labute approximate surface area is 110 Å². The van der Waals surface area contributed by atoms with Crippen LogP contribution < -0.4 is 5.73 Å². The second kappa shape index (κ2) is 5.62. The standard InChI is InChI=1S/C12H17BrN2O2/c1-7-4-5-8(13)6-9(7)11(15(2)3)10(14)12(16)17/h4-6,10-11H,14H2,1-3H3,(H,16,17). The van der Waals surface area contributed by atoms with Crippen molar-refractivity contribution >= 4 is 21.9 Å². The summed E-state index contributed by atoms with van der Waals surface area (Å²) in [7, 11) is 3.65. The van der Waals surface area contributed by atoms with Gasteiger partial charge >= 0.3 is 5.97 Å². The van der Waals surface area contributed by atoms with Gasteiger partial charge in [-0.3, -0.25) is 4.79 Å². The maximum absolute atomic E-state index is 11.1. The lowest BCUT2D eigenvalue weighted by molar-refractivity contribution is -0.140. The van der Waals surface area contributed by atoms with E-state index in [9.17, 15) is 4.79 Å². The Kier molecular flexibility index (Phi) is 4.68. The normalized spacial score (nSPS) is 14.7. The lowest BCUT2D eigenvalue weighted by atomic mass is 9.95. The number of carboxylic acid groups (broad SMARTS) is 1. The predicted molar refractivity (Wildman–Crippen MR) is 70.9 cm³/mol. The number of aliphatic carboxylic acids is 1. The topological polar surface area (TPSA) is 66.6 Å². The van der Waals surface area contributed by atoms with Gasteiger partial charge < -0.3 is 15.7 Å². The number of nitrogens with zero attached hydrogens (tertiary/aromatic N) is 1. The summed E-state index contributed by atoms with van der Waals surface area (Å²) in [6.45, 7) is 1.95. The van der Waals surface area contributed by atoms with Crippen molar-refractivity contribution < 1.29 is 9.90 Å². The molecule has 0 aliphatic rings. The Hall–Kier alpha value is -0.910. The molecule has 1 rings (SSSR count). The summed E-state index contributed by atoms with van der Waals surface area (Å²) in [6, 6.07) is 4.51. The van der Waals surface area contributed by atoms with Crippen LogP contribution in [0.15, 0.2) is 22.7 Å². The van der Waals surface area contributed by atoms with Crippen molar-refractivity contribution in [2.75, 3.05) is 14.1 Å². The molecule has 0 aliphatic heterocycles. The summed E-state index contributed by atoms with van der Waals surface area (Å²) in [4.78, 5) is 12.9. The smallest absolute Gasteiger partial charge is 0.322 e. The molecule has 0 radical (unpaired) electrons. The van der Waals surface area contributed by atoms with Gasteiger partial charge in [0.05, 0.1) is 6.04 Å². The molecule has 0 saturated heterocycles. The molecule has 2 atom stereocenters. The molecule has 4 nitrogen and oxygen atoms in total. The lowest BCUT2D eigenvalue weighted by Gasteiger charge is -2.29. The van der Waals surface area contributed by atoms with E-state index in [2.05, 4.69) is 15.9 Å². The fraction of sp³-hybridized carbons (Fsp3) is 0.417. The van der Waals surface area contributed by atoms with Gasteiger partial charge in [0.1, 0.15) is 6.04 Å². The number of carboxylic acids is 1. The number of nitrogens with two attached hydrogens (primary N) is 1. The highest BCUT2D eigenvalue weighted by Crippen LogP contribution is 2.27. The van der Waals surface area contributed by atoms with E-state index in [1.807, 2.05) is 44.1 Å². The first-order valence-corrected chi connectivity index (χ1v) is 6.04. The Morgan fingerprint density at radius 2 is 2.06 bits per heavy atom. The fourth-order valence-corrected chi connectivity index (χ4v) is 2.24. The molecular formula is C12H17BrN2O2. The molecule has 94 valence electrons. The number of hydrogen-bond acceptors (Lipinski definition) is 3. The summed E-state index contributed by atoms with van der Waals surface area (Å²) >= 11 is 3.39. The minimum Gasteiger partial charge on any atom is -0.480 e. The average molecular weight is 301 g/mol. The van der Waals surface area contributed by atoms with Crippen LogP contribution in [0.5, 0.6) is 0 Å². The number of halogens is 1. The SMILES string of the molecule is Cc1ccc(Br)cc1C(C(N)C(=O)O)N(C)C.